The van der Waals surface area contributed by atoms with E-state index in [1.807, 2.05) is 33.8 Å². The zero-order chi connectivity index (χ0) is 31.0. The minimum absolute atomic E-state index is 0.00729. The van der Waals surface area contributed by atoms with E-state index in [4.69, 9.17) is 27.9 Å². The molecule has 0 aliphatic rings. The zero-order valence-corrected chi connectivity index (χ0v) is 26.8. The molecule has 0 bridgehead atoms. The molecule has 0 aliphatic heterocycles. The number of methoxy groups -OCH3 is 1. The van der Waals surface area contributed by atoms with E-state index in [-0.39, 0.29) is 39.1 Å². The average Bonchev–Trinajstić information content (AvgIpc) is 2.97. The summed E-state index contributed by atoms with van der Waals surface area (Å²) in [4.78, 5) is 29.0. The molecule has 0 aromatic heterocycles. The Hall–Kier alpha value is -3.27. The molecule has 42 heavy (non-hydrogen) atoms. The maximum atomic E-state index is 14.2. The predicted molar refractivity (Wildman–Crippen MR) is 168 cm³/mol. The highest BCUT2D eigenvalue weighted by molar-refractivity contribution is 7.92. The summed E-state index contributed by atoms with van der Waals surface area (Å²) in [5.41, 5.74) is 1.77. The maximum absolute atomic E-state index is 14.2. The first kappa shape index (κ1) is 33.2. The number of nitrogens with zero attached hydrogens (tertiary/aromatic N) is 2. The summed E-state index contributed by atoms with van der Waals surface area (Å²) >= 11 is 12.4. The highest BCUT2D eigenvalue weighted by Gasteiger charge is 2.34. The number of nitrogens with one attached hydrogen (secondary N) is 1. The number of halogens is 2. The third kappa shape index (κ3) is 8.18. The minimum Gasteiger partial charge on any atom is -0.497 e. The third-order valence-corrected chi connectivity index (χ3v) is 9.48. The second-order valence-electron chi connectivity index (χ2n) is 10.0. The van der Waals surface area contributed by atoms with Crippen LogP contribution in [-0.2, 0) is 26.2 Å². The fourth-order valence-electron chi connectivity index (χ4n) is 4.33. The first-order chi connectivity index (χ1) is 19.9. The van der Waals surface area contributed by atoms with Gasteiger partial charge in [0.2, 0.25) is 11.8 Å². The number of carbonyl (C=O) groups is 2. The van der Waals surface area contributed by atoms with Crippen LogP contribution in [0.4, 0.5) is 5.69 Å². The quantitative estimate of drug-likeness (QED) is 0.241. The molecule has 2 atom stereocenters. The summed E-state index contributed by atoms with van der Waals surface area (Å²) in [5, 5.41) is 3.34. The molecule has 0 radical (unpaired) electrons. The van der Waals surface area contributed by atoms with Crippen molar-refractivity contribution in [3.63, 3.8) is 0 Å². The summed E-state index contributed by atoms with van der Waals surface area (Å²) in [6, 6.07) is 16.9. The number of hydrogen-bond donors (Lipinski definition) is 1. The highest BCUT2D eigenvalue weighted by atomic mass is 35.5. The Morgan fingerprint density at radius 2 is 1.64 bits per heavy atom. The Labute approximate surface area is 258 Å². The molecule has 0 heterocycles. The number of ether oxygens (including phenoxy) is 1. The summed E-state index contributed by atoms with van der Waals surface area (Å²) in [7, 11) is -2.68. The van der Waals surface area contributed by atoms with Gasteiger partial charge in [-0.25, -0.2) is 8.42 Å². The van der Waals surface area contributed by atoms with Crippen molar-refractivity contribution in [3.05, 3.63) is 87.9 Å². The second kappa shape index (κ2) is 14.8. The van der Waals surface area contributed by atoms with E-state index in [1.54, 1.807) is 37.4 Å². The molecule has 0 fully saturated rings. The summed E-state index contributed by atoms with van der Waals surface area (Å²) in [6.07, 6.45) is 1.03. The number of sulfonamides is 1. The number of amides is 2. The van der Waals surface area contributed by atoms with E-state index in [2.05, 4.69) is 5.32 Å². The molecular weight excluding hydrogens is 597 g/mol. The van der Waals surface area contributed by atoms with E-state index >= 15 is 0 Å². The fraction of sp³-hybridized carbons (Fsp3) is 0.355. The Balaban J connectivity index is 2.09. The van der Waals surface area contributed by atoms with Crippen molar-refractivity contribution in [2.24, 2.45) is 0 Å². The van der Waals surface area contributed by atoms with Crippen LogP contribution < -0.4 is 14.4 Å². The van der Waals surface area contributed by atoms with Crippen molar-refractivity contribution in [3.8, 4) is 5.75 Å². The highest BCUT2D eigenvalue weighted by Crippen LogP contribution is 2.31. The van der Waals surface area contributed by atoms with Crippen LogP contribution >= 0.6 is 23.2 Å². The Kier molecular flexibility index (Phi) is 11.7. The molecule has 0 saturated carbocycles. The second-order valence-corrected chi connectivity index (χ2v) is 12.7. The maximum Gasteiger partial charge on any atom is 0.264 e. The van der Waals surface area contributed by atoms with Crippen LogP contribution in [0.3, 0.4) is 0 Å². The lowest BCUT2D eigenvalue weighted by Crippen LogP contribution is -2.53. The van der Waals surface area contributed by atoms with Gasteiger partial charge in [-0.3, -0.25) is 13.9 Å². The van der Waals surface area contributed by atoms with Gasteiger partial charge in [-0.2, -0.15) is 0 Å². The van der Waals surface area contributed by atoms with Crippen molar-refractivity contribution >= 4 is 50.7 Å². The normalized spacial score (nSPS) is 12.7. The van der Waals surface area contributed by atoms with Crippen LogP contribution in [0, 0.1) is 6.92 Å². The van der Waals surface area contributed by atoms with Gasteiger partial charge in [-0.1, -0.05) is 66.9 Å². The zero-order valence-electron chi connectivity index (χ0n) is 24.4. The summed E-state index contributed by atoms with van der Waals surface area (Å²) < 4.78 is 34.3. The SMILES string of the molecule is CC[C@H](C)NC(=O)[C@H](CC)N(Cc1cccc(OC)c1)C(=O)CN(c1ccc(Cl)c(Cl)c1)S(=O)(=O)c1ccc(C)cc1. The number of rotatable bonds is 13. The van der Waals surface area contributed by atoms with Gasteiger partial charge in [-0.05, 0) is 74.7 Å². The molecule has 0 unspecified atom stereocenters. The molecule has 1 N–H and O–H groups in total. The smallest absolute Gasteiger partial charge is 0.264 e. The Morgan fingerprint density at radius 3 is 2.24 bits per heavy atom. The lowest BCUT2D eigenvalue weighted by atomic mass is 10.1. The van der Waals surface area contributed by atoms with Crippen LogP contribution in [0.2, 0.25) is 10.0 Å². The minimum atomic E-state index is -4.22. The Bertz CT molecular complexity index is 1500. The van der Waals surface area contributed by atoms with Gasteiger partial charge in [0.15, 0.2) is 0 Å². The largest absolute Gasteiger partial charge is 0.497 e. The molecule has 8 nitrogen and oxygen atoms in total. The topological polar surface area (TPSA) is 96.0 Å². The van der Waals surface area contributed by atoms with Gasteiger partial charge in [0.1, 0.15) is 18.3 Å². The molecule has 0 aliphatic carbocycles. The first-order valence-corrected chi connectivity index (χ1v) is 15.9. The molecule has 2 amide bonds. The van der Waals surface area contributed by atoms with E-state index in [1.165, 1.54) is 35.2 Å². The molecule has 226 valence electrons. The van der Waals surface area contributed by atoms with Crippen LogP contribution in [-0.4, -0.2) is 50.9 Å². The average molecular weight is 635 g/mol. The van der Waals surface area contributed by atoms with Gasteiger partial charge in [0, 0.05) is 12.6 Å². The lowest BCUT2D eigenvalue weighted by Gasteiger charge is -2.34. The molecule has 3 aromatic rings. The summed E-state index contributed by atoms with van der Waals surface area (Å²) in [6.45, 7) is 6.98. The Morgan fingerprint density at radius 1 is 0.952 bits per heavy atom. The van der Waals surface area contributed by atoms with Gasteiger partial charge in [0.05, 0.1) is 27.7 Å². The fourth-order valence-corrected chi connectivity index (χ4v) is 6.03. The number of hydrogen-bond acceptors (Lipinski definition) is 5. The molecule has 11 heteroatoms. The van der Waals surface area contributed by atoms with Gasteiger partial charge < -0.3 is 15.0 Å². The van der Waals surface area contributed by atoms with E-state index in [0.717, 1.165) is 15.4 Å². The van der Waals surface area contributed by atoms with Crippen molar-refractivity contribution in [1.29, 1.82) is 0 Å². The van der Waals surface area contributed by atoms with Crippen molar-refractivity contribution in [2.45, 2.75) is 64.1 Å². The van der Waals surface area contributed by atoms with E-state index in [9.17, 15) is 18.0 Å². The van der Waals surface area contributed by atoms with Crippen LogP contribution in [0.25, 0.3) is 0 Å². The van der Waals surface area contributed by atoms with Gasteiger partial charge in [-0.15, -0.1) is 0 Å². The number of benzene rings is 3. The number of aryl methyl sites for hydroxylation is 1. The van der Waals surface area contributed by atoms with Crippen LogP contribution in [0.5, 0.6) is 5.75 Å². The van der Waals surface area contributed by atoms with Crippen molar-refractivity contribution < 1.29 is 22.7 Å². The summed E-state index contributed by atoms with van der Waals surface area (Å²) in [5.74, 6) is -0.285. The van der Waals surface area contributed by atoms with Gasteiger partial charge in [0.25, 0.3) is 10.0 Å². The molecular formula is C31H37Cl2N3O5S. The molecule has 0 spiro atoms. The molecule has 0 saturated heterocycles. The van der Waals surface area contributed by atoms with Crippen LogP contribution in [0.1, 0.15) is 44.7 Å². The number of anilines is 1. The molecule has 3 aromatic carbocycles. The number of carbonyl (C=O) groups excluding carboxylic acids is 2. The first-order valence-electron chi connectivity index (χ1n) is 13.7. The van der Waals surface area contributed by atoms with Crippen LogP contribution in [0.15, 0.2) is 71.6 Å². The third-order valence-electron chi connectivity index (χ3n) is 6.95. The van der Waals surface area contributed by atoms with Crippen molar-refractivity contribution in [2.75, 3.05) is 18.0 Å². The standard InChI is InChI=1S/C31H37Cl2N3O5S/c1-6-22(4)34-31(38)29(7-2)35(19-23-9-8-10-25(17-23)41-5)30(37)20-36(24-13-16-27(32)28(33)18-24)42(39,40)26-14-11-21(3)12-15-26/h8-18,22,29H,6-7,19-20H2,1-5H3,(H,34,38)/t22-,29-/m0/s1. The van der Waals surface area contributed by atoms with E-state index in [0.29, 0.717) is 18.6 Å². The van der Waals surface area contributed by atoms with Crippen molar-refractivity contribution in [1.82, 2.24) is 10.2 Å². The monoisotopic (exact) mass is 633 g/mol. The molecule has 3 rings (SSSR count). The lowest BCUT2D eigenvalue weighted by molar-refractivity contribution is -0.140. The predicted octanol–water partition coefficient (Wildman–Crippen LogP) is 6.23. The van der Waals surface area contributed by atoms with E-state index < -0.39 is 28.5 Å². The van der Waals surface area contributed by atoms with Gasteiger partial charge >= 0.3 is 0 Å².